The van der Waals surface area contributed by atoms with E-state index in [1.54, 1.807) is 12.4 Å². The van der Waals surface area contributed by atoms with Gasteiger partial charge in [0.1, 0.15) is 0 Å². The molecular formula is C21H23ClN6OS. The minimum atomic E-state index is 0.127. The highest BCUT2D eigenvalue weighted by molar-refractivity contribution is 7.99. The lowest BCUT2D eigenvalue weighted by atomic mass is 10.2. The Balaban J connectivity index is 1.34. The van der Waals surface area contributed by atoms with Crippen molar-refractivity contribution in [2.45, 2.75) is 18.6 Å². The number of rotatable bonds is 6. The molecule has 0 bridgehead atoms. The largest absolute Gasteiger partial charge is 0.368 e. The van der Waals surface area contributed by atoms with Gasteiger partial charge in [-0.2, -0.15) is 0 Å². The molecule has 1 aliphatic rings. The smallest absolute Gasteiger partial charge is 0.233 e. The van der Waals surface area contributed by atoms with Crippen molar-refractivity contribution in [1.29, 1.82) is 0 Å². The maximum Gasteiger partial charge on any atom is 0.233 e. The van der Waals surface area contributed by atoms with Crippen molar-refractivity contribution in [2.24, 2.45) is 0 Å². The van der Waals surface area contributed by atoms with Crippen molar-refractivity contribution in [1.82, 2.24) is 24.6 Å². The Labute approximate surface area is 185 Å². The van der Waals surface area contributed by atoms with Crippen LogP contribution in [0.25, 0.3) is 11.4 Å². The first-order valence-corrected chi connectivity index (χ1v) is 11.3. The minimum absolute atomic E-state index is 0.127. The van der Waals surface area contributed by atoms with Crippen LogP contribution in [0.15, 0.2) is 53.9 Å². The molecule has 0 spiro atoms. The Morgan fingerprint density at radius 2 is 1.87 bits per heavy atom. The predicted molar refractivity (Wildman–Crippen MR) is 120 cm³/mol. The van der Waals surface area contributed by atoms with Gasteiger partial charge in [0, 0.05) is 61.4 Å². The summed E-state index contributed by atoms with van der Waals surface area (Å²) in [7, 11) is 0. The van der Waals surface area contributed by atoms with Gasteiger partial charge in [-0.3, -0.25) is 9.78 Å². The van der Waals surface area contributed by atoms with Crippen molar-refractivity contribution >= 4 is 35.0 Å². The maximum atomic E-state index is 12.7. The Kier molecular flexibility index (Phi) is 6.54. The zero-order valence-electron chi connectivity index (χ0n) is 16.7. The lowest BCUT2D eigenvalue weighted by Crippen LogP contribution is -2.49. The van der Waals surface area contributed by atoms with Gasteiger partial charge in [-0.1, -0.05) is 29.4 Å². The van der Waals surface area contributed by atoms with Crippen molar-refractivity contribution in [3.63, 3.8) is 0 Å². The molecule has 4 rings (SSSR count). The van der Waals surface area contributed by atoms with Gasteiger partial charge in [0.15, 0.2) is 11.0 Å². The number of carbonyl (C=O) groups excluding carboxylic acids is 1. The predicted octanol–water partition coefficient (Wildman–Crippen LogP) is 3.45. The summed E-state index contributed by atoms with van der Waals surface area (Å²) in [4.78, 5) is 21.0. The van der Waals surface area contributed by atoms with Gasteiger partial charge in [0.05, 0.1) is 5.75 Å². The average molecular weight is 443 g/mol. The van der Waals surface area contributed by atoms with Crippen LogP contribution >= 0.6 is 23.4 Å². The molecule has 2 aromatic heterocycles. The second-order valence-corrected chi connectivity index (χ2v) is 8.30. The van der Waals surface area contributed by atoms with Crippen LogP contribution in [0.3, 0.4) is 0 Å². The van der Waals surface area contributed by atoms with E-state index in [-0.39, 0.29) is 5.91 Å². The monoisotopic (exact) mass is 442 g/mol. The third-order valence-electron chi connectivity index (χ3n) is 5.10. The van der Waals surface area contributed by atoms with Gasteiger partial charge in [0.25, 0.3) is 0 Å². The topological polar surface area (TPSA) is 67.2 Å². The first-order valence-electron chi connectivity index (χ1n) is 9.90. The van der Waals surface area contributed by atoms with Crippen LogP contribution in [-0.4, -0.2) is 62.5 Å². The number of amides is 1. The fraction of sp³-hybridized carbons (Fsp3) is 0.333. The van der Waals surface area contributed by atoms with E-state index in [0.717, 1.165) is 46.9 Å². The van der Waals surface area contributed by atoms with E-state index in [1.165, 1.54) is 11.8 Å². The van der Waals surface area contributed by atoms with Crippen LogP contribution in [0.2, 0.25) is 5.02 Å². The molecule has 1 aliphatic heterocycles. The second kappa shape index (κ2) is 9.49. The van der Waals surface area contributed by atoms with E-state index >= 15 is 0 Å². The number of hydrogen-bond acceptors (Lipinski definition) is 6. The highest BCUT2D eigenvalue weighted by atomic mass is 35.5. The SMILES string of the molecule is CCn1c(SCC(=O)N2CCN(c3cccc(Cl)c3)CC2)nnc1-c1ccncc1. The number of halogens is 1. The Hall–Kier alpha value is -2.58. The summed E-state index contributed by atoms with van der Waals surface area (Å²) in [6.45, 7) is 5.79. The number of carbonyl (C=O) groups is 1. The average Bonchev–Trinajstić information content (AvgIpc) is 3.21. The van der Waals surface area contributed by atoms with Crippen molar-refractivity contribution in [2.75, 3.05) is 36.8 Å². The molecule has 7 nitrogen and oxygen atoms in total. The fourth-order valence-corrected chi connectivity index (χ4v) is 4.59. The molecule has 1 fully saturated rings. The quantitative estimate of drug-likeness (QED) is 0.544. The molecule has 0 saturated carbocycles. The standard InChI is InChI=1S/C21H23ClN6OS/c1-2-28-20(16-6-8-23-9-7-16)24-25-21(28)30-15-19(29)27-12-10-26(11-13-27)18-5-3-4-17(22)14-18/h3-9,14H,2,10-13,15H2,1H3. The first kappa shape index (κ1) is 20.7. The number of piperazine rings is 1. The number of aromatic nitrogens is 4. The van der Waals surface area contributed by atoms with E-state index in [0.29, 0.717) is 18.8 Å². The molecule has 0 aliphatic carbocycles. The molecule has 0 unspecified atom stereocenters. The third kappa shape index (κ3) is 4.60. The summed E-state index contributed by atoms with van der Waals surface area (Å²) < 4.78 is 2.03. The Morgan fingerprint density at radius 1 is 1.10 bits per heavy atom. The molecular weight excluding hydrogens is 420 g/mol. The van der Waals surface area contributed by atoms with Crippen LogP contribution in [0.4, 0.5) is 5.69 Å². The number of pyridine rings is 1. The van der Waals surface area contributed by atoms with Gasteiger partial charge < -0.3 is 14.4 Å². The van der Waals surface area contributed by atoms with Gasteiger partial charge in [0.2, 0.25) is 5.91 Å². The van der Waals surface area contributed by atoms with Crippen LogP contribution in [0, 0.1) is 0 Å². The number of anilines is 1. The molecule has 1 amide bonds. The van der Waals surface area contributed by atoms with Gasteiger partial charge in [-0.05, 0) is 37.3 Å². The molecule has 0 N–H and O–H groups in total. The van der Waals surface area contributed by atoms with E-state index in [1.807, 2.05) is 39.8 Å². The van der Waals surface area contributed by atoms with Crippen molar-refractivity contribution in [3.8, 4) is 11.4 Å². The Bertz CT molecular complexity index is 1000. The maximum absolute atomic E-state index is 12.7. The lowest BCUT2D eigenvalue weighted by Gasteiger charge is -2.36. The normalized spacial score (nSPS) is 14.2. The van der Waals surface area contributed by atoms with Gasteiger partial charge in [-0.25, -0.2) is 0 Å². The molecule has 1 aromatic carbocycles. The molecule has 3 heterocycles. The fourth-order valence-electron chi connectivity index (χ4n) is 3.50. The molecule has 9 heteroatoms. The highest BCUT2D eigenvalue weighted by Gasteiger charge is 2.22. The number of benzene rings is 1. The summed E-state index contributed by atoms with van der Waals surface area (Å²) >= 11 is 7.54. The number of nitrogens with zero attached hydrogens (tertiary/aromatic N) is 6. The van der Waals surface area contributed by atoms with E-state index in [9.17, 15) is 4.79 Å². The summed E-state index contributed by atoms with van der Waals surface area (Å²) in [6.07, 6.45) is 3.48. The molecule has 156 valence electrons. The van der Waals surface area contributed by atoms with Crippen LogP contribution < -0.4 is 4.90 Å². The zero-order valence-corrected chi connectivity index (χ0v) is 18.3. The van der Waals surface area contributed by atoms with Gasteiger partial charge >= 0.3 is 0 Å². The van der Waals surface area contributed by atoms with Crippen LogP contribution in [-0.2, 0) is 11.3 Å². The van der Waals surface area contributed by atoms with E-state index in [4.69, 9.17) is 11.6 Å². The molecule has 0 atom stereocenters. The van der Waals surface area contributed by atoms with E-state index in [2.05, 4.69) is 33.1 Å². The Morgan fingerprint density at radius 3 is 2.57 bits per heavy atom. The number of hydrogen-bond donors (Lipinski definition) is 0. The first-order chi connectivity index (χ1) is 14.7. The molecule has 0 radical (unpaired) electrons. The molecule has 3 aromatic rings. The summed E-state index contributed by atoms with van der Waals surface area (Å²) in [5, 5.41) is 10.1. The minimum Gasteiger partial charge on any atom is -0.368 e. The summed E-state index contributed by atoms with van der Waals surface area (Å²) in [5.74, 6) is 1.28. The lowest BCUT2D eigenvalue weighted by molar-refractivity contribution is -0.128. The third-order valence-corrected chi connectivity index (χ3v) is 6.29. The van der Waals surface area contributed by atoms with Crippen molar-refractivity contribution < 1.29 is 4.79 Å². The second-order valence-electron chi connectivity index (χ2n) is 6.92. The summed E-state index contributed by atoms with van der Waals surface area (Å²) in [6, 6.07) is 11.7. The highest BCUT2D eigenvalue weighted by Crippen LogP contribution is 2.24. The summed E-state index contributed by atoms with van der Waals surface area (Å²) in [5.41, 5.74) is 2.07. The zero-order chi connectivity index (χ0) is 20.9. The molecule has 30 heavy (non-hydrogen) atoms. The van der Waals surface area contributed by atoms with Crippen LogP contribution in [0.5, 0.6) is 0 Å². The van der Waals surface area contributed by atoms with Crippen LogP contribution in [0.1, 0.15) is 6.92 Å². The van der Waals surface area contributed by atoms with E-state index < -0.39 is 0 Å². The van der Waals surface area contributed by atoms with Crippen molar-refractivity contribution in [3.05, 3.63) is 53.8 Å². The number of thioether (sulfide) groups is 1. The molecule has 1 saturated heterocycles. The van der Waals surface area contributed by atoms with Gasteiger partial charge in [-0.15, -0.1) is 10.2 Å².